The standard InChI is InChI=1S/C15H13FN2O2/c1-10(11-6-8-12(16)9-7-11)17-18-15(20)13-4-2-3-5-14(13)19/h2-9,17,19H,1H2,(H,18,20). The number of hydrogen-bond acceptors (Lipinski definition) is 3. The van der Waals surface area contributed by atoms with Gasteiger partial charge in [-0.2, -0.15) is 0 Å². The number of carbonyl (C=O) groups excluding carboxylic acids is 1. The molecule has 3 N–H and O–H groups in total. The average Bonchev–Trinajstić information content (AvgIpc) is 2.45. The minimum atomic E-state index is -0.494. The second kappa shape index (κ2) is 5.88. The first kappa shape index (κ1) is 13.6. The number of phenolic OH excluding ortho intramolecular Hbond substituents is 1. The van der Waals surface area contributed by atoms with Crippen molar-refractivity contribution in [3.63, 3.8) is 0 Å². The molecule has 0 saturated heterocycles. The molecule has 0 aromatic heterocycles. The molecular weight excluding hydrogens is 259 g/mol. The van der Waals surface area contributed by atoms with E-state index in [0.29, 0.717) is 11.3 Å². The van der Waals surface area contributed by atoms with Crippen LogP contribution >= 0.6 is 0 Å². The van der Waals surface area contributed by atoms with E-state index >= 15 is 0 Å². The van der Waals surface area contributed by atoms with Crippen LogP contribution < -0.4 is 10.9 Å². The topological polar surface area (TPSA) is 61.4 Å². The molecule has 1 amide bonds. The van der Waals surface area contributed by atoms with Crippen LogP contribution in [0.1, 0.15) is 15.9 Å². The van der Waals surface area contributed by atoms with Crippen molar-refractivity contribution in [3.8, 4) is 5.75 Å². The van der Waals surface area contributed by atoms with Crippen molar-refractivity contribution >= 4 is 11.6 Å². The number of halogens is 1. The van der Waals surface area contributed by atoms with E-state index in [0.717, 1.165) is 0 Å². The molecule has 0 aliphatic rings. The van der Waals surface area contributed by atoms with Crippen molar-refractivity contribution in [1.82, 2.24) is 10.9 Å². The summed E-state index contributed by atoms with van der Waals surface area (Å²) in [7, 11) is 0. The van der Waals surface area contributed by atoms with Crippen LogP contribution in [0.2, 0.25) is 0 Å². The largest absolute Gasteiger partial charge is 0.507 e. The molecule has 0 heterocycles. The summed E-state index contributed by atoms with van der Waals surface area (Å²) in [5.74, 6) is -0.953. The number of amides is 1. The van der Waals surface area contributed by atoms with Gasteiger partial charge in [-0.25, -0.2) is 4.39 Å². The molecule has 0 unspecified atom stereocenters. The SMILES string of the molecule is C=C(NNC(=O)c1ccccc1O)c1ccc(F)cc1. The van der Waals surface area contributed by atoms with Gasteiger partial charge in [0.2, 0.25) is 0 Å². The number of hydrazine groups is 1. The normalized spacial score (nSPS) is 9.85. The lowest BCUT2D eigenvalue weighted by Crippen LogP contribution is -2.35. The molecule has 0 fully saturated rings. The van der Waals surface area contributed by atoms with Gasteiger partial charge in [0.15, 0.2) is 0 Å². The van der Waals surface area contributed by atoms with E-state index in [1.54, 1.807) is 12.1 Å². The Hall–Kier alpha value is -2.82. The van der Waals surface area contributed by atoms with Gasteiger partial charge in [-0.15, -0.1) is 0 Å². The summed E-state index contributed by atoms with van der Waals surface area (Å²) in [5, 5.41) is 9.54. The van der Waals surface area contributed by atoms with Crippen molar-refractivity contribution in [1.29, 1.82) is 0 Å². The number of benzene rings is 2. The van der Waals surface area contributed by atoms with E-state index in [1.165, 1.54) is 36.4 Å². The zero-order chi connectivity index (χ0) is 14.5. The molecule has 20 heavy (non-hydrogen) atoms. The van der Waals surface area contributed by atoms with Crippen LogP contribution in [-0.2, 0) is 0 Å². The summed E-state index contributed by atoms with van der Waals surface area (Å²) in [6.07, 6.45) is 0. The number of carbonyl (C=O) groups is 1. The van der Waals surface area contributed by atoms with Crippen molar-refractivity contribution < 1.29 is 14.3 Å². The van der Waals surface area contributed by atoms with E-state index in [9.17, 15) is 14.3 Å². The molecular formula is C15H13FN2O2. The molecule has 0 atom stereocenters. The van der Waals surface area contributed by atoms with Crippen LogP contribution in [0.25, 0.3) is 5.70 Å². The predicted octanol–water partition coefficient (Wildman–Crippen LogP) is 2.44. The zero-order valence-corrected chi connectivity index (χ0v) is 10.6. The predicted molar refractivity (Wildman–Crippen MR) is 74.1 cm³/mol. The van der Waals surface area contributed by atoms with Gasteiger partial charge in [0.05, 0.1) is 11.3 Å². The van der Waals surface area contributed by atoms with Gasteiger partial charge in [-0.3, -0.25) is 15.6 Å². The maximum Gasteiger partial charge on any atom is 0.273 e. The van der Waals surface area contributed by atoms with Gasteiger partial charge in [0.25, 0.3) is 5.91 Å². The van der Waals surface area contributed by atoms with Gasteiger partial charge in [0, 0.05) is 0 Å². The van der Waals surface area contributed by atoms with Gasteiger partial charge in [0.1, 0.15) is 11.6 Å². The van der Waals surface area contributed by atoms with E-state index in [4.69, 9.17) is 0 Å². The lowest BCUT2D eigenvalue weighted by molar-refractivity contribution is 0.0940. The van der Waals surface area contributed by atoms with Crippen LogP contribution in [0.5, 0.6) is 5.75 Å². The minimum Gasteiger partial charge on any atom is -0.507 e. The monoisotopic (exact) mass is 272 g/mol. The molecule has 0 spiro atoms. The Morgan fingerprint density at radius 2 is 1.70 bits per heavy atom. The van der Waals surface area contributed by atoms with E-state index in [2.05, 4.69) is 17.4 Å². The fourth-order valence-corrected chi connectivity index (χ4v) is 1.59. The number of aromatic hydroxyl groups is 1. The molecule has 102 valence electrons. The van der Waals surface area contributed by atoms with Gasteiger partial charge < -0.3 is 5.11 Å². The Balaban J connectivity index is 1.99. The Labute approximate surface area is 115 Å². The minimum absolute atomic E-state index is 0.112. The molecule has 0 bridgehead atoms. The molecule has 0 radical (unpaired) electrons. The first-order chi connectivity index (χ1) is 9.58. The molecule has 0 aliphatic carbocycles. The summed E-state index contributed by atoms with van der Waals surface area (Å²) in [6, 6.07) is 11.9. The summed E-state index contributed by atoms with van der Waals surface area (Å²) >= 11 is 0. The third-order valence-electron chi connectivity index (χ3n) is 2.67. The lowest BCUT2D eigenvalue weighted by Gasteiger charge is -2.11. The maximum absolute atomic E-state index is 12.8. The van der Waals surface area contributed by atoms with Crippen LogP contribution in [0.15, 0.2) is 55.1 Å². The first-order valence-electron chi connectivity index (χ1n) is 5.87. The smallest absolute Gasteiger partial charge is 0.273 e. The second-order valence-electron chi connectivity index (χ2n) is 4.08. The Morgan fingerprint density at radius 3 is 2.35 bits per heavy atom. The number of rotatable bonds is 4. The van der Waals surface area contributed by atoms with Crippen LogP contribution in [0.4, 0.5) is 4.39 Å². The average molecular weight is 272 g/mol. The molecule has 2 rings (SSSR count). The molecule has 4 nitrogen and oxygen atoms in total. The fraction of sp³-hybridized carbons (Fsp3) is 0. The van der Waals surface area contributed by atoms with Crippen molar-refractivity contribution in [2.24, 2.45) is 0 Å². The maximum atomic E-state index is 12.8. The summed E-state index contributed by atoms with van der Waals surface area (Å²) < 4.78 is 12.8. The highest BCUT2D eigenvalue weighted by Crippen LogP contribution is 2.15. The highest BCUT2D eigenvalue weighted by molar-refractivity contribution is 5.96. The molecule has 0 saturated carbocycles. The third kappa shape index (κ3) is 3.14. The first-order valence-corrected chi connectivity index (χ1v) is 5.87. The number of hydrogen-bond donors (Lipinski definition) is 3. The van der Waals surface area contributed by atoms with Crippen molar-refractivity contribution in [3.05, 3.63) is 72.1 Å². The van der Waals surface area contributed by atoms with E-state index in [1.807, 2.05) is 0 Å². The summed E-state index contributed by atoms with van der Waals surface area (Å²) in [4.78, 5) is 11.8. The Morgan fingerprint density at radius 1 is 1.05 bits per heavy atom. The lowest BCUT2D eigenvalue weighted by atomic mass is 10.2. The highest BCUT2D eigenvalue weighted by atomic mass is 19.1. The van der Waals surface area contributed by atoms with Crippen LogP contribution in [0.3, 0.4) is 0 Å². The number of phenols is 1. The van der Waals surface area contributed by atoms with Crippen molar-refractivity contribution in [2.45, 2.75) is 0 Å². The number of para-hydroxylation sites is 1. The van der Waals surface area contributed by atoms with Crippen molar-refractivity contribution in [2.75, 3.05) is 0 Å². The van der Waals surface area contributed by atoms with E-state index < -0.39 is 5.91 Å². The third-order valence-corrected chi connectivity index (χ3v) is 2.67. The fourth-order valence-electron chi connectivity index (χ4n) is 1.59. The van der Waals surface area contributed by atoms with Crippen LogP contribution in [0, 0.1) is 5.82 Å². The Kier molecular flexibility index (Phi) is 4.00. The van der Waals surface area contributed by atoms with Gasteiger partial charge >= 0.3 is 0 Å². The highest BCUT2D eigenvalue weighted by Gasteiger charge is 2.09. The Bertz CT molecular complexity index is 639. The van der Waals surface area contributed by atoms with Crippen LogP contribution in [-0.4, -0.2) is 11.0 Å². The summed E-state index contributed by atoms with van der Waals surface area (Å²) in [5.41, 5.74) is 6.23. The molecule has 2 aromatic carbocycles. The number of nitrogens with one attached hydrogen (secondary N) is 2. The molecule has 2 aromatic rings. The second-order valence-corrected chi connectivity index (χ2v) is 4.08. The zero-order valence-electron chi connectivity index (χ0n) is 10.6. The quantitative estimate of drug-likeness (QED) is 0.749. The van der Waals surface area contributed by atoms with Gasteiger partial charge in [-0.1, -0.05) is 18.7 Å². The summed E-state index contributed by atoms with van der Waals surface area (Å²) in [6.45, 7) is 3.73. The van der Waals surface area contributed by atoms with Gasteiger partial charge in [-0.05, 0) is 42.0 Å². The molecule has 5 heteroatoms. The van der Waals surface area contributed by atoms with E-state index in [-0.39, 0.29) is 17.1 Å². The molecule has 0 aliphatic heterocycles.